The molecule has 3 aromatic carbocycles. The van der Waals surface area contributed by atoms with Crippen LogP contribution in [0.3, 0.4) is 0 Å². The van der Waals surface area contributed by atoms with Crippen LogP contribution in [-0.2, 0) is 35.1 Å². The van der Waals surface area contributed by atoms with E-state index in [1.54, 1.807) is 36.0 Å². The van der Waals surface area contributed by atoms with Crippen LogP contribution < -0.4 is 15.4 Å². The third-order valence-electron chi connectivity index (χ3n) is 12.4. The van der Waals surface area contributed by atoms with Gasteiger partial charge in [-0.3, -0.25) is 9.59 Å². The summed E-state index contributed by atoms with van der Waals surface area (Å²) < 4.78 is 26.8. The lowest BCUT2D eigenvalue weighted by atomic mass is 9.92. The van der Waals surface area contributed by atoms with Crippen molar-refractivity contribution in [1.82, 2.24) is 40.4 Å². The molecule has 6 unspecified atom stereocenters. The Balaban J connectivity index is 0.984. The van der Waals surface area contributed by atoms with Gasteiger partial charge in [0.15, 0.2) is 0 Å². The summed E-state index contributed by atoms with van der Waals surface area (Å²) in [5.74, 6) is 1.66. The largest absolute Gasteiger partial charge is 0.488 e. The third-order valence-corrected chi connectivity index (χ3v) is 12.4. The number of nitrogens with one attached hydrogen (secondary N) is 4. The first kappa shape index (κ1) is 42.2. The number of aromatic amines is 2. The van der Waals surface area contributed by atoms with Crippen LogP contribution in [0.4, 0.5) is 9.59 Å². The van der Waals surface area contributed by atoms with Crippen molar-refractivity contribution in [2.24, 2.45) is 0 Å². The van der Waals surface area contributed by atoms with E-state index in [0.717, 1.165) is 81.4 Å². The van der Waals surface area contributed by atoms with Crippen molar-refractivity contribution < 1.29 is 42.9 Å². The Morgan fingerprint density at radius 3 is 1.76 bits per heavy atom. The standard InChI is InChI=1S/C45H52N8O9/c1-24(58-3)37(50-44(56)60-5)42(54)52-17-7-9-35(52)40-46-21-33(48-40)27-13-15-31-26(19-27)11-16-32-30-14-12-28(20-29(30)23-62-39(31)32)34-22-47-41(49-34)36-10-8-18-53(36)43(55)38(25(2)59-4)51-45(57)61-6/h11-16,19-22,24-25,35-38H,7-10,17-18,23H2,1-6H3,(H,46,48)(H,47,49)(H,50,56)(H,51,57). The molecule has 4 N–H and O–H groups in total. The van der Waals surface area contributed by atoms with Crippen LogP contribution >= 0.6 is 0 Å². The monoisotopic (exact) mass is 848 g/mol. The Kier molecular flexibility index (Phi) is 12.2. The Morgan fingerprint density at radius 2 is 1.23 bits per heavy atom. The highest BCUT2D eigenvalue weighted by molar-refractivity contribution is 5.98. The van der Waals surface area contributed by atoms with Crippen molar-refractivity contribution >= 4 is 34.8 Å². The molecule has 0 spiro atoms. The van der Waals surface area contributed by atoms with Crippen molar-refractivity contribution in [2.45, 2.75) is 82.5 Å². The van der Waals surface area contributed by atoms with Gasteiger partial charge in [-0.15, -0.1) is 0 Å². The van der Waals surface area contributed by atoms with E-state index < -0.39 is 36.5 Å². The Labute approximate surface area is 358 Å². The first-order valence-electron chi connectivity index (χ1n) is 20.8. The number of amides is 4. The molecule has 3 aliphatic rings. The molecule has 0 aliphatic carbocycles. The summed E-state index contributed by atoms with van der Waals surface area (Å²) in [6.45, 7) is 4.91. The highest BCUT2D eigenvalue weighted by atomic mass is 16.5. The molecule has 5 heterocycles. The van der Waals surface area contributed by atoms with E-state index >= 15 is 0 Å². The fraction of sp³-hybridized carbons (Fsp3) is 0.422. The number of methoxy groups -OCH3 is 4. The minimum Gasteiger partial charge on any atom is -0.488 e. The van der Waals surface area contributed by atoms with Crippen molar-refractivity contribution in [3.8, 4) is 39.4 Å². The molecule has 6 atom stereocenters. The molecule has 17 heteroatoms. The number of ether oxygens (including phenoxy) is 5. The molecule has 4 amide bonds. The van der Waals surface area contributed by atoms with Crippen molar-refractivity contribution in [3.63, 3.8) is 0 Å². The topological polar surface area (TPSA) is 202 Å². The number of nitrogens with zero attached hydrogens (tertiary/aromatic N) is 4. The number of aromatic nitrogens is 4. The lowest BCUT2D eigenvalue weighted by Crippen LogP contribution is -2.54. The molecule has 326 valence electrons. The number of H-pyrrole nitrogens is 2. The normalized spacial score (nSPS) is 18.9. The first-order chi connectivity index (χ1) is 30.0. The zero-order valence-electron chi connectivity index (χ0n) is 35.7. The summed E-state index contributed by atoms with van der Waals surface area (Å²) >= 11 is 0. The van der Waals surface area contributed by atoms with Gasteiger partial charge in [-0.25, -0.2) is 19.6 Å². The van der Waals surface area contributed by atoms with Gasteiger partial charge in [0, 0.05) is 43.8 Å². The average Bonchev–Trinajstić information content (AvgIpc) is 4.15. The second-order valence-electron chi connectivity index (χ2n) is 15.9. The number of rotatable bonds is 12. The van der Waals surface area contributed by atoms with Gasteiger partial charge < -0.3 is 54.1 Å². The van der Waals surface area contributed by atoms with Gasteiger partial charge in [-0.2, -0.15) is 0 Å². The number of hydrogen-bond donors (Lipinski definition) is 4. The molecule has 8 rings (SSSR count). The fourth-order valence-electron chi connectivity index (χ4n) is 8.83. The van der Waals surface area contributed by atoms with Crippen LogP contribution in [0.15, 0.2) is 60.9 Å². The van der Waals surface area contributed by atoms with E-state index in [4.69, 9.17) is 33.7 Å². The van der Waals surface area contributed by atoms with Crippen molar-refractivity contribution in [3.05, 3.63) is 78.1 Å². The van der Waals surface area contributed by atoms with E-state index in [9.17, 15) is 19.2 Å². The van der Waals surface area contributed by atoms with Crippen LogP contribution in [0.25, 0.3) is 44.4 Å². The lowest BCUT2D eigenvalue weighted by molar-refractivity contribution is -0.138. The van der Waals surface area contributed by atoms with Crippen LogP contribution in [0.2, 0.25) is 0 Å². The number of benzene rings is 3. The van der Waals surface area contributed by atoms with Gasteiger partial charge >= 0.3 is 12.2 Å². The van der Waals surface area contributed by atoms with E-state index in [2.05, 4.69) is 63.1 Å². The van der Waals surface area contributed by atoms with Crippen LogP contribution in [0, 0.1) is 0 Å². The van der Waals surface area contributed by atoms with Crippen LogP contribution in [0.5, 0.6) is 5.75 Å². The molecule has 2 aromatic heterocycles. The van der Waals surface area contributed by atoms with Crippen molar-refractivity contribution in [2.75, 3.05) is 41.5 Å². The average molecular weight is 849 g/mol. The van der Waals surface area contributed by atoms with Gasteiger partial charge in [-0.1, -0.05) is 30.3 Å². The number of carbonyl (C=O) groups is 4. The third kappa shape index (κ3) is 8.04. The van der Waals surface area contributed by atoms with E-state index in [1.165, 1.54) is 28.4 Å². The van der Waals surface area contributed by atoms with Crippen molar-refractivity contribution in [1.29, 1.82) is 0 Å². The Hall–Kier alpha value is -6.46. The Bertz CT molecular complexity index is 2480. The summed E-state index contributed by atoms with van der Waals surface area (Å²) in [6, 6.07) is 14.3. The van der Waals surface area contributed by atoms with Gasteiger partial charge in [-0.05, 0) is 79.8 Å². The molecule has 0 radical (unpaired) electrons. The molecular formula is C45H52N8O9. The molecular weight excluding hydrogens is 797 g/mol. The maximum atomic E-state index is 13.7. The van der Waals surface area contributed by atoms with Crippen LogP contribution in [-0.4, -0.2) is 120 Å². The molecule has 62 heavy (non-hydrogen) atoms. The number of likely N-dealkylation sites (tertiary alicyclic amines) is 2. The summed E-state index contributed by atoms with van der Waals surface area (Å²) in [6.07, 6.45) is 4.11. The number of alkyl carbamates (subject to hydrolysis) is 2. The van der Waals surface area contributed by atoms with Crippen LogP contribution in [0.1, 0.15) is 68.8 Å². The fourth-order valence-corrected chi connectivity index (χ4v) is 8.83. The lowest BCUT2D eigenvalue weighted by Gasteiger charge is -2.30. The predicted molar refractivity (Wildman–Crippen MR) is 228 cm³/mol. The van der Waals surface area contributed by atoms with E-state index in [0.29, 0.717) is 31.3 Å². The smallest absolute Gasteiger partial charge is 0.407 e. The molecule has 2 saturated heterocycles. The summed E-state index contributed by atoms with van der Waals surface area (Å²) in [7, 11) is 5.51. The maximum absolute atomic E-state index is 13.7. The maximum Gasteiger partial charge on any atom is 0.407 e. The summed E-state index contributed by atoms with van der Waals surface area (Å²) in [4.78, 5) is 71.4. The number of fused-ring (bicyclic) bond motifs is 5. The molecule has 3 aliphatic heterocycles. The molecule has 2 fully saturated rings. The van der Waals surface area contributed by atoms with Gasteiger partial charge in [0.25, 0.3) is 0 Å². The summed E-state index contributed by atoms with van der Waals surface area (Å²) in [5.41, 5.74) is 6.66. The Morgan fingerprint density at radius 1 is 0.710 bits per heavy atom. The molecule has 0 saturated carbocycles. The van der Waals surface area contributed by atoms with Gasteiger partial charge in [0.05, 0.1) is 62.3 Å². The first-order valence-corrected chi connectivity index (χ1v) is 20.8. The minimum atomic E-state index is -0.909. The predicted octanol–water partition coefficient (Wildman–Crippen LogP) is 6.03. The highest BCUT2D eigenvalue weighted by Crippen LogP contribution is 2.44. The van der Waals surface area contributed by atoms with Gasteiger partial charge in [0.1, 0.15) is 36.1 Å². The SMILES string of the molecule is COC(=O)NC(C(=O)N1CCCC1c1ncc(-c2ccc3c(c2)COc2c-3ccc3cc(-c4cnc(C5CCCN5C(=O)C(NC(=O)OC)C(C)OC)[nH]4)ccc23)[nH]1)C(C)OC. The van der Waals surface area contributed by atoms with Gasteiger partial charge in [0.2, 0.25) is 11.8 Å². The zero-order chi connectivity index (χ0) is 43.7. The zero-order valence-corrected chi connectivity index (χ0v) is 35.7. The molecule has 17 nitrogen and oxygen atoms in total. The number of carbonyl (C=O) groups excluding carboxylic acids is 4. The van der Waals surface area contributed by atoms with E-state index in [1.807, 2.05) is 6.07 Å². The minimum absolute atomic E-state index is 0.255. The number of imidazole rings is 2. The quantitative estimate of drug-likeness (QED) is 0.114. The molecule has 0 bridgehead atoms. The second-order valence-corrected chi connectivity index (χ2v) is 15.9. The number of hydrogen-bond acceptors (Lipinski definition) is 11. The summed E-state index contributed by atoms with van der Waals surface area (Å²) in [5, 5.41) is 7.26. The molecule has 5 aromatic rings. The highest BCUT2D eigenvalue weighted by Gasteiger charge is 2.40. The van der Waals surface area contributed by atoms with E-state index in [-0.39, 0.29) is 23.9 Å². The second kappa shape index (κ2) is 17.9.